The van der Waals surface area contributed by atoms with E-state index in [4.69, 9.17) is 0 Å². The predicted octanol–water partition coefficient (Wildman–Crippen LogP) is 4.37. The van der Waals surface area contributed by atoms with Crippen molar-refractivity contribution in [1.29, 1.82) is 0 Å². The second-order valence-electron chi connectivity index (χ2n) is 4.29. The normalized spacial score (nSPS) is 14.6. The van der Waals surface area contributed by atoms with Crippen molar-refractivity contribution in [2.75, 3.05) is 0 Å². The van der Waals surface area contributed by atoms with Gasteiger partial charge in [0, 0.05) is 16.9 Å². The van der Waals surface area contributed by atoms with Crippen LogP contribution in [0.2, 0.25) is 0 Å². The third-order valence-electron chi connectivity index (χ3n) is 3.03. The lowest BCUT2D eigenvalue weighted by molar-refractivity contribution is 0.0968. The Balaban J connectivity index is 2.13. The van der Waals surface area contributed by atoms with Gasteiger partial charge < -0.3 is 0 Å². The molecule has 1 aromatic carbocycles. The zero-order valence-electron chi connectivity index (χ0n) is 9.67. The van der Waals surface area contributed by atoms with Crippen LogP contribution in [0, 0.1) is 11.6 Å². The first kappa shape index (κ1) is 12.9. The lowest BCUT2D eigenvalue weighted by atomic mass is 10.0. The SMILES string of the molecule is O=C1CCCc2sc(-c3ccc(F)c(F)c3Br)nc21. The van der Waals surface area contributed by atoms with Gasteiger partial charge in [0.05, 0.1) is 4.47 Å². The molecule has 0 bridgehead atoms. The molecule has 0 amide bonds. The van der Waals surface area contributed by atoms with Crippen molar-refractivity contribution in [2.24, 2.45) is 0 Å². The number of nitrogens with zero attached hydrogens (tertiary/aromatic N) is 1. The molecule has 0 unspecified atom stereocenters. The number of hydrogen-bond donors (Lipinski definition) is 0. The van der Waals surface area contributed by atoms with Crippen molar-refractivity contribution in [1.82, 2.24) is 4.98 Å². The molecule has 6 heteroatoms. The van der Waals surface area contributed by atoms with Crippen LogP contribution in [0.1, 0.15) is 28.2 Å². The summed E-state index contributed by atoms with van der Waals surface area (Å²) in [6.45, 7) is 0. The van der Waals surface area contributed by atoms with Crippen molar-refractivity contribution in [3.05, 3.63) is 38.8 Å². The Kier molecular flexibility index (Phi) is 3.22. The Labute approximate surface area is 120 Å². The molecule has 0 fully saturated rings. The fourth-order valence-corrected chi connectivity index (χ4v) is 3.87. The number of Topliss-reactive ketones (excluding diaryl/α,β-unsaturated/α-hetero) is 1. The Morgan fingerprint density at radius 2 is 2.05 bits per heavy atom. The zero-order chi connectivity index (χ0) is 13.6. The minimum atomic E-state index is -0.933. The molecule has 0 spiro atoms. The van der Waals surface area contributed by atoms with Gasteiger partial charge in [-0.15, -0.1) is 11.3 Å². The highest BCUT2D eigenvalue weighted by molar-refractivity contribution is 9.10. The molecule has 1 heterocycles. The monoisotopic (exact) mass is 343 g/mol. The van der Waals surface area contributed by atoms with E-state index >= 15 is 0 Å². The number of carbonyl (C=O) groups excluding carboxylic acids is 1. The minimum absolute atomic E-state index is 0.0301. The summed E-state index contributed by atoms with van der Waals surface area (Å²) in [5.74, 6) is -1.81. The second-order valence-corrected chi connectivity index (χ2v) is 6.17. The van der Waals surface area contributed by atoms with Crippen molar-refractivity contribution in [3.8, 4) is 10.6 Å². The van der Waals surface area contributed by atoms with Gasteiger partial charge >= 0.3 is 0 Å². The maximum Gasteiger partial charge on any atom is 0.182 e. The van der Waals surface area contributed by atoms with E-state index in [1.54, 1.807) is 0 Å². The van der Waals surface area contributed by atoms with Crippen molar-refractivity contribution >= 4 is 33.0 Å². The number of carbonyl (C=O) groups is 1. The molecule has 98 valence electrons. The fraction of sp³-hybridized carbons (Fsp3) is 0.231. The number of benzene rings is 1. The summed E-state index contributed by atoms with van der Waals surface area (Å²) in [5.41, 5.74) is 0.967. The van der Waals surface area contributed by atoms with E-state index in [0.717, 1.165) is 23.8 Å². The molecule has 1 aromatic heterocycles. The summed E-state index contributed by atoms with van der Waals surface area (Å²) in [7, 11) is 0. The molecule has 0 saturated carbocycles. The van der Waals surface area contributed by atoms with E-state index in [9.17, 15) is 13.6 Å². The van der Waals surface area contributed by atoms with E-state index in [0.29, 0.717) is 22.7 Å². The van der Waals surface area contributed by atoms with Crippen LogP contribution in [0.5, 0.6) is 0 Å². The number of fused-ring (bicyclic) bond motifs is 1. The highest BCUT2D eigenvalue weighted by Crippen LogP contribution is 2.37. The van der Waals surface area contributed by atoms with Crippen LogP contribution in [0.25, 0.3) is 10.6 Å². The van der Waals surface area contributed by atoms with Gasteiger partial charge in [0.15, 0.2) is 17.4 Å². The standard InChI is InChI=1S/C13H8BrF2NOS/c14-10-6(4-5-7(15)11(10)16)13-17-12-8(18)2-1-3-9(12)19-13/h4-5H,1-3H2. The minimum Gasteiger partial charge on any atom is -0.292 e. The van der Waals surface area contributed by atoms with Crippen molar-refractivity contribution in [3.63, 3.8) is 0 Å². The maximum absolute atomic E-state index is 13.5. The number of ketones is 1. The highest BCUT2D eigenvalue weighted by Gasteiger charge is 2.24. The van der Waals surface area contributed by atoms with Gasteiger partial charge in [-0.1, -0.05) is 0 Å². The van der Waals surface area contributed by atoms with E-state index in [1.807, 2.05) is 0 Å². The average molecular weight is 344 g/mol. The third kappa shape index (κ3) is 2.12. The molecular weight excluding hydrogens is 336 g/mol. The summed E-state index contributed by atoms with van der Waals surface area (Å²) in [5, 5.41) is 0.547. The van der Waals surface area contributed by atoms with E-state index in [-0.39, 0.29) is 10.3 Å². The highest BCUT2D eigenvalue weighted by atomic mass is 79.9. The van der Waals surface area contributed by atoms with Crippen LogP contribution in [-0.2, 0) is 6.42 Å². The molecule has 0 saturated heterocycles. The van der Waals surface area contributed by atoms with Gasteiger partial charge in [0.25, 0.3) is 0 Å². The van der Waals surface area contributed by atoms with Crippen LogP contribution in [0.4, 0.5) is 8.78 Å². The summed E-state index contributed by atoms with van der Waals surface area (Å²) in [4.78, 5) is 17.0. The molecule has 3 rings (SSSR count). The maximum atomic E-state index is 13.5. The topological polar surface area (TPSA) is 30.0 Å². The van der Waals surface area contributed by atoms with Gasteiger partial charge in [-0.05, 0) is 40.9 Å². The van der Waals surface area contributed by atoms with E-state index in [1.165, 1.54) is 17.4 Å². The Morgan fingerprint density at radius 1 is 1.26 bits per heavy atom. The van der Waals surface area contributed by atoms with Gasteiger partial charge in [-0.2, -0.15) is 0 Å². The Morgan fingerprint density at radius 3 is 2.79 bits per heavy atom. The van der Waals surface area contributed by atoms with Gasteiger partial charge in [0.2, 0.25) is 0 Å². The van der Waals surface area contributed by atoms with Gasteiger partial charge in [0.1, 0.15) is 10.7 Å². The van der Waals surface area contributed by atoms with Crippen molar-refractivity contribution in [2.45, 2.75) is 19.3 Å². The fourth-order valence-electron chi connectivity index (χ4n) is 2.07. The number of aromatic nitrogens is 1. The Hall–Kier alpha value is -1.14. The van der Waals surface area contributed by atoms with Crippen LogP contribution in [0.3, 0.4) is 0 Å². The van der Waals surface area contributed by atoms with E-state index < -0.39 is 11.6 Å². The smallest absolute Gasteiger partial charge is 0.182 e. The summed E-state index contributed by atoms with van der Waals surface area (Å²) in [6.07, 6.45) is 2.15. The predicted molar refractivity (Wildman–Crippen MR) is 72.4 cm³/mol. The molecule has 19 heavy (non-hydrogen) atoms. The first-order chi connectivity index (χ1) is 9.08. The number of rotatable bonds is 1. The number of halogens is 3. The van der Waals surface area contributed by atoms with Crippen LogP contribution in [0.15, 0.2) is 16.6 Å². The number of thiazole rings is 1. The molecule has 2 aromatic rings. The molecule has 0 N–H and O–H groups in total. The lowest BCUT2D eigenvalue weighted by Gasteiger charge is -2.06. The molecule has 2 nitrogen and oxygen atoms in total. The number of hydrogen-bond acceptors (Lipinski definition) is 3. The molecular formula is C13H8BrF2NOS. The van der Waals surface area contributed by atoms with E-state index in [2.05, 4.69) is 20.9 Å². The Bertz CT molecular complexity index is 684. The summed E-state index contributed by atoms with van der Waals surface area (Å²) >= 11 is 4.41. The average Bonchev–Trinajstić information content (AvgIpc) is 2.81. The molecule has 0 radical (unpaired) electrons. The molecule has 1 aliphatic rings. The summed E-state index contributed by atoms with van der Waals surface area (Å²) in [6, 6.07) is 2.54. The molecule has 0 atom stereocenters. The van der Waals surface area contributed by atoms with Crippen LogP contribution < -0.4 is 0 Å². The molecule has 1 aliphatic carbocycles. The lowest BCUT2D eigenvalue weighted by Crippen LogP contribution is -2.08. The first-order valence-electron chi connectivity index (χ1n) is 5.74. The number of aryl methyl sites for hydroxylation is 1. The largest absolute Gasteiger partial charge is 0.292 e. The van der Waals surface area contributed by atoms with Gasteiger partial charge in [-0.25, -0.2) is 13.8 Å². The second kappa shape index (κ2) is 4.76. The van der Waals surface area contributed by atoms with Crippen molar-refractivity contribution < 1.29 is 13.6 Å². The quantitative estimate of drug-likeness (QED) is 0.719. The van der Waals surface area contributed by atoms with Crippen LogP contribution in [-0.4, -0.2) is 10.8 Å². The third-order valence-corrected chi connectivity index (χ3v) is 4.96. The first-order valence-corrected chi connectivity index (χ1v) is 7.35. The van der Waals surface area contributed by atoms with Crippen LogP contribution >= 0.6 is 27.3 Å². The zero-order valence-corrected chi connectivity index (χ0v) is 12.1. The molecule has 0 aliphatic heterocycles. The summed E-state index contributed by atoms with van der Waals surface area (Å²) < 4.78 is 26.7. The van der Waals surface area contributed by atoms with Gasteiger partial charge in [-0.3, -0.25) is 4.79 Å².